The first-order chi connectivity index (χ1) is 14.0. The average Bonchev–Trinajstić information content (AvgIpc) is 3.21. The molecule has 0 bridgehead atoms. The number of hydrogen-bond acceptors (Lipinski definition) is 4. The first-order valence-electron chi connectivity index (χ1n) is 9.86. The second-order valence-corrected chi connectivity index (χ2v) is 7.91. The van der Waals surface area contributed by atoms with Crippen LogP contribution in [0.5, 0.6) is 0 Å². The Kier molecular flexibility index (Phi) is 4.01. The molecule has 0 fully saturated rings. The second kappa shape index (κ2) is 6.58. The van der Waals surface area contributed by atoms with Crippen LogP contribution in [0.2, 0.25) is 0 Å². The number of carbonyl (C=O) groups excluding carboxylic acids is 1. The number of benzene rings is 2. The number of carbonyl (C=O) groups is 1. The highest BCUT2D eigenvalue weighted by Gasteiger charge is 2.21. The summed E-state index contributed by atoms with van der Waals surface area (Å²) < 4.78 is 3.70. The van der Waals surface area contributed by atoms with Gasteiger partial charge >= 0.3 is 0 Å². The first-order valence-corrected chi connectivity index (χ1v) is 9.86. The van der Waals surface area contributed by atoms with Crippen LogP contribution in [-0.2, 0) is 25.3 Å². The van der Waals surface area contributed by atoms with Crippen LogP contribution in [0.25, 0.3) is 33.3 Å². The number of aromatic nitrogens is 4. The van der Waals surface area contributed by atoms with Crippen molar-refractivity contribution in [3.8, 4) is 22.4 Å². The van der Waals surface area contributed by atoms with Gasteiger partial charge in [-0.15, -0.1) is 0 Å². The topological polar surface area (TPSA) is 64.7 Å². The molecular formula is C23H23N5O. The van der Waals surface area contributed by atoms with Gasteiger partial charge in [0.25, 0.3) is 0 Å². The molecule has 3 heterocycles. The highest BCUT2D eigenvalue weighted by Crippen LogP contribution is 2.37. The lowest BCUT2D eigenvalue weighted by atomic mass is 9.96. The first kappa shape index (κ1) is 17.7. The maximum absolute atomic E-state index is 12.2. The highest BCUT2D eigenvalue weighted by molar-refractivity contribution is 5.98. The van der Waals surface area contributed by atoms with Crippen molar-refractivity contribution in [1.29, 1.82) is 0 Å². The Bertz CT molecular complexity index is 1250. The van der Waals surface area contributed by atoms with Crippen LogP contribution in [0.15, 0.2) is 48.8 Å². The number of hydrogen-bond donors (Lipinski definition) is 1. The molecule has 4 aromatic rings. The Morgan fingerprint density at radius 2 is 2.00 bits per heavy atom. The number of ketones is 1. The fourth-order valence-corrected chi connectivity index (χ4v) is 4.27. The summed E-state index contributed by atoms with van der Waals surface area (Å²) in [6, 6.07) is 12.8. The number of rotatable bonds is 2. The molecule has 1 aliphatic heterocycles. The predicted molar refractivity (Wildman–Crippen MR) is 115 cm³/mol. The standard InChI is InChI=1S/C23H23N5O/c1-14-9-18(29)10-16-5-4-6-19(22(16)25-14)15-7-8-21-20(11-15)23(26-28(21)3)17-12-24-27(2)13-17/h4-8,11-14,25H,9-10H2,1-3H3/t14-/m1/s1. The molecule has 29 heavy (non-hydrogen) atoms. The lowest BCUT2D eigenvalue weighted by Gasteiger charge is -2.17. The van der Waals surface area contributed by atoms with E-state index in [2.05, 4.69) is 41.6 Å². The molecular weight excluding hydrogens is 362 g/mol. The molecule has 1 atom stereocenters. The Labute approximate surface area is 169 Å². The van der Waals surface area contributed by atoms with Crippen molar-refractivity contribution in [1.82, 2.24) is 19.6 Å². The number of aryl methyl sites for hydroxylation is 2. The summed E-state index contributed by atoms with van der Waals surface area (Å²) in [6.07, 6.45) is 4.87. The maximum Gasteiger partial charge on any atom is 0.139 e. The van der Waals surface area contributed by atoms with E-state index in [1.165, 1.54) is 0 Å². The highest BCUT2D eigenvalue weighted by atomic mass is 16.1. The summed E-state index contributed by atoms with van der Waals surface area (Å²) in [5.41, 5.74) is 7.36. The molecule has 146 valence electrons. The number of para-hydroxylation sites is 1. The van der Waals surface area contributed by atoms with E-state index in [0.717, 1.165) is 44.5 Å². The van der Waals surface area contributed by atoms with Gasteiger partial charge in [0.1, 0.15) is 11.5 Å². The van der Waals surface area contributed by atoms with Crippen LogP contribution in [0.4, 0.5) is 5.69 Å². The van der Waals surface area contributed by atoms with Crippen molar-refractivity contribution in [2.24, 2.45) is 14.1 Å². The summed E-state index contributed by atoms with van der Waals surface area (Å²) in [4.78, 5) is 12.2. The fourth-order valence-electron chi connectivity index (χ4n) is 4.27. The minimum atomic E-state index is 0.123. The molecule has 0 aliphatic carbocycles. The smallest absolute Gasteiger partial charge is 0.139 e. The second-order valence-electron chi connectivity index (χ2n) is 7.91. The molecule has 0 amide bonds. The molecule has 1 N–H and O–H groups in total. The van der Waals surface area contributed by atoms with E-state index in [1.807, 2.05) is 43.3 Å². The third kappa shape index (κ3) is 3.01. The Morgan fingerprint density at radius 3 is 2.79 bits per heavy atom. The van der Waals surface area contributed by atoms with Gasteiger partial charge < -0.3 is 5.32 Å². The molecule has 0 unspecified atom stereocenters. The lowest BCUT2D eigenvalue weighted by Crippen LogP contribution is -2.17. The zero-order chi connectivity index (χ0) is 20.1. The van der Waals surface area contributed by atoms with Crippen LogP contribution in [-0.4, -0.2) is 31.4 Å². The van der Waals surface area contributed by atoms with Crippen LogP contribution < -0.4 is 5.32 Å². The maximum atomic E-state index is 12.2. The fraction of sp³-hybridized carbons (Fsp3) is 0.261. The van der Waals surface area contributed by atoms with Crippen LogP contribution in [0.1, 0.15) is 18.9 Å². The van der Waals surface area contributed by atoms with Crippen molar-refractivity contribution < 1.29 is 4.79 Å². The summed E-state index contributed by atoms with van der Waals surface area (Å²) in [5.74, 6) is 0.280. The number of nitrogens with one attached hydrogen (secondary N) is 1. The Hall–Kier alpha value is -3.41. The molecule has 0 radical (unpaired) electrons. The number of anilines is 1. The van der Waals surface area contributed by atoms with Crippen molar-refractivity contribution >= 4 is 22.4 Å². The molecule has 2 aromatic carbocycles. The van der Waals surface area contributed by atoms with Gasteiger partial charge in [-0.2, -0.15) is 10.2 Å². The van der Waals surface area contributed by atoms with Crippen LogP contribution in [0, 0.1) is 0 Å². The lowest BCUT2D eigenvalue weighted by molar-refractivity contribution is -0.118. The van der Waals surface area contributed by atoms with Gasteiger partial charge in [0.15, 0.2) is 0 Å². The Balaban J connectivity index is 1.69. The predicted octanol–water partition coefficient (Wildman–Crippen LogP) is 3.96. The summed E-state index contributed by atoms with van der Waals surface area (Å²) in [7, 11) is 3.87. The van der Waals surface area contributed by atoms with Crippen molar-refractivity contribution in [2.45, 2.75) is 25.8 Å². The third-order valence-corrected chi connectivity index (χ3v) is 5.60. The largest absolute Gasteiger partial charge is 0.381 e. The molecule has 6 nitrogen and oxygen atoms in total. The van der Waals surface area contributed by atoms with E-state index in [9.17, 15) is 4.79 Å². The average molecular weight is 385 g/mol. The SMILES string of the molecule is C[C@@H]1CC(=O)Cc2cccc(-c3ccc4c(c3)c(-c3cnn(C)c3)nn4C)c2N1. The number of Topliss-reactive ketones (excluding diaryl/α,β-unsaturated/α-hetero) is 1. The van der Waals surface area contributed by atoms with Crippen molar-refractivity contribution in [2.75, 3.05) is 5.32 Å². The van der Waals surface area contributed by atoms with Gasteiger partial charge in [-0.1, -0.05) is 24.3 Å². The molecule has 0 spiro atoms. The molecule has 6 heteroatoms. The van der Waals surface area contributed by atoms with E-state index in [4.69, 9.17) is 5.10 Å². The zero-order valence-electron chi connectivity index (χ0n) is 16.8. The summed E-state index contributed by atoms with van der Waals surface area (Å²) in [6.45, 7) is 2.06. The summed E-state index contributed by atoms with van der Waals surface area (Å²) >= 11 is 0. The quantitative estimate of drug-likeness (QED) is 0.567. The van der Waals surface area contributed by atoms with Crippen LogP contribution >= 0.6 is 0 Å². The van der Waals surface area contributed by atoms with Gasteiger partial charge in [-0.3, -0.25) is 14.2 Å². The molecule has 0 saturated heterocycles. The van der Waals surface area contributed by atoms with Gasteiger partial charge in [0.2, 0.25) is 0 Å². The third-order valence-electron chi connectivity index (χ3n) is 5.60. The molecule has 0 saturated carbocycles. The molecule has 2 aromatic heterocycles. The minimum Gasteiger partial charge on any atom is -0.381 e. The van der Waals surface area contributed by atoms with Gasteiger partial charge in [-0.05, 0) is 30.2 Å². The molecule has 1 aliphatic rings. The molecule has 5 rings (SSSR count). The number of nitrogens with zero attached hydrogens (tertiary/aromatic N) is 4. The Morgan fingerprint density at radius 1 is 1.14 bits per heavy atom. The normalized spacial score (nSPS) is 16.5. The van der Waals surface area contributed by atoms with E-state index < -0.39 is 0 Å². The van der Waals surface area contributed by atoms with Gasteiger partial charge in [-0.25, -0.2) is 0 Å². The number of fused-ring (bicyclic) bond motifs is 2. The van der Waals surface area contributed by atoms with E-state index in [-0.39, 0.29) is 11.8 Å². The zero-order valence-corrected chi connectivity index (χ0v) is 16.8. The van der Waals surface area contributed by atoms with E-state index in [0.29, 0.717) is 12.8 Å². The van der Waals surface area contributed by atoms with Gasteiger partial charge in [0.05, 0.1) is 11.7 Å². The van der Waals surface area contributed by atoms with Crippen molar-refractivity contribution in [3.05, 3.63) is 54.4 Å². The van der Waals surface area contributed by atoms with E-state index in [1.54, 1.807) is 4.68 Å². The van der Waals surface area contributed by atoms with Crippen molar-refractivity contribution in [3.63, 3.8) is 0 Å². The van der Waals surface area contributed by atoms with E-state index >= 15 is 0 Å². The monoisotopic (exact) mass is 385 g/mol. The minimum absolute atomic E-state index is 0.123. The van der Waals surface area contributed by atoms with Gasteiger partial charge in [0, 0.05) is 61.4 Å². The van der Waals surface area contributed by atoms with Crippen LogP contribution in [0.3, 0.4) is 0 Å². The summed E-state index contributed by atoms with van der Waals surface area (Å²) in [5, 5.41) is 13.7.